The summed E-state index contributed by atoms with van der Waals surface area (Å²) in [7, 11) is 0. The molecule has 6 rings (SSSR count). The van der Waals surface area contributed by atoms with Crippen LogP contribution in [0.25, 0.3) is 0 Å². The summed E-state index contributed by atoms with van der Waals surface area (Å²) in [6.07, 6.45) is 6.92. The fourth-order valence-corrected chi connectivity index (χ4v) is 5.08. The van der Waals surface area contributed by atoms with Crippen LogP contribution in [0.1, 0.15) is 11.1 Å². The van der Waals surface area contributed by atoms with Gasteiger partial charge in [0.1, 0.15) is 5.60 Å². The average Bonchev–Trinajstić information content (AvgIpc) is 3.54. The van der Waals surface area contributed by atoms with Crippen LogP contribution in [0.2, 0.25) is 0 Å². The highest BCUT2D eigenvalue weighted by Gasteiger charge is 2.66. The molecular formula is C23H21N3O5. The number of pyridine rings is 1. The number of carbonyl (C=O) groups excluding carboxylic acids is 2. The quantitative estimate of drug-likeness (QED) is 0.737. The third-order valence-corrected chi connectivity index (χ3v) is 6.48. The number of aromatic nitrogens is 1. The molecule has 8 heteroatoms. The van der Waals surface area contributed by atoms with Crippen LogP contribution in [0.15, 0.2) is 54.9 Å². The molecule has 1 N–H and O–H groups in total. The van der Waals surface area contributed by atoms with E-state index in [1.54, 1.807) is 17.3 Å². The van der Waals surface area contributed by atoms with Crippen LogP contribution in [-0.2, 0) is 27.4 Å². The summed E-state index contributed by atoms with van der Waals surface area (Å²) < 4.78 is 17.0. The molecule has 2 amide bonds. The SMILES string of the molecule is O=C(NCc1cccnc1)[C@@H]1[C@H]2C(=O)N(Cc3ccc4c(c3)OCO4)C[C@@]23C=C[C@H]1O3. The molecule has 1 spiro atoms. The molecule has 1 aromatic carbocycles. The highest BCUT2D eigenvalue weighted by Crippen LogP contribution is 2.52. The van der Waals surface area contributed by atoms with Crippen molar-refractivity contribution in [2.75, 3.05) is 13.3 Å². The maximum Gasteiger partial charge on any atom is 0.231 e. The highest BCUT2D eigenvalue weighted by molar-refractivity contribution is 5.93. The third-order valence-electron chi connectivity index (χ3n) is 6.48. The predicted octanol–water partition coefficient (Wildman–Crippen LogP) is 1.41. The first-order chi connectivity index (χ1) is 15.1. The number of nitrogens with one attached hydrogen (secondary N) is 1. The number of hydrogen-bond acceptors (Lipinski definition) is 6. The van der Waals surface area contributed by atoms with Crippen molar-refractivity contribution in [3.63, 3.8) is 0 Å². The molecule has 1 aromatic heterocycles. The Kier molecular flexibility index (Phi) is 4.04. The van der Waals surface area contributed by atoms with Crippen LogP contribution in [0.5, 0.6) is 11.5 Å². The molecule has 8 nitrogen and oxygen atoms in total. The third kappa shape index (κ3) is 2.90. The highest BCUT2D eigenvalue weighted by atomic mass is 16.7. The number of hydrogen-bond donors (Lipinski definition) is 1. The zero-order chi connectivity index (χ0) is 21.0. The normalized spacial score (nSPS) is 29.5. The van der Waals surface area contributed by atoms with Crippen molar-refractivity contribution < 1.29 is 23.8 Å². The predicted molar refractivity (Wildman–Crippen MR) is 108 cm³/mol. The smallest absolute Gasteiger partial charge is 0.231 e. The zero-order valence-electron chi connectivity index (χ0n) is 16.7. The Bertz CT molecular complexity index is 1090. The molecule has 0 unspecified atom stereocenters. The molecular weight excluding hydrogens is 398 g/mol. The van der Waals surface area contributed by atoms with E-state index >= 15 is 0 Å². The van der Waals surface area contributed by atoms with Gasteiger partial charge >= 0.3 is 0 Å². The van der Waals surface area contributed by atoms with E-state index in [2.05, 4.69) is 10.3 Å². The summed E-state index contributed by atoms with van der Waals surface area (Å²) in [6, 6.07) is 9.41. The van der Waals surface area contributed by atoms with Crippen molar-refractivity contribution in [1.29, 1.82) is 0 Å². The number of ether oxygens (including phenoxy) is 3. The maximum atomic E-state index is 13.4. The van der Waals surface area contributed by atoms with E-state index in [0.717, 1.165) is 11.1 Å². The lowest BCUT2D eigenvalue weighted by Crippen LogP contribution is -2.43. The number of nitrogens with zero attached hydrogens (tertiary/aromatic N) is 2. The van der Waals surface area contributed by atoms with Crippen LogP contribution < -0.4 is 14.8 Å². The molecule has 4 aliphatic rings. The molecule has 2 fully saturated rings. The van der Waals surface area contributed by atoms with Gasteiger partial charge in [0.2, 0.25) is 18.6 Å². The summed E-state index contributed by atoms with van der Waals surface area (Å²) in [5, 5.41) is 2.95. The Labute approximate surface area is 178 Å². The second-order valence-electron chi connectivity index (χ2n) is 8.36. The van der Waals surface area contributed by atoms with Gasteiger partial charge in [-0.05, 0) is 29.3 Å². The van der Waals surface area contributed by atoms with Crippen LogP contribution >= 0.6 is 0 Å². The minimum absolute atomic E-state index is 0.0500. The van der Waals surface area contributed by atoms with Crippen molar-refractivity contribution in [2.24, 2.45) is 11.8 Å². The van der Waals surface area contributed by atoms with Gasteiger partial charge in [0.15, 0.2) is 11.5 Å². The molecule has 2 aromatic rings. The topological polar surface area (TPSA) is 90.0 Å². The minimum Gasteiger partial charge on any atom is -0.454 e. The minimum atomic E-state index is -0.728. The monoisotopic (exact) mass is 419 g/mol. The van der Waals surface area contributed by atoms with Crippen molar-refractivity contribution in [2.45, 2.75) is 24.8 Å². The fraction of sp³-hybridized carbons (Fsp3) is 0.348. The molecule has 4 atom stereocenters. The Balaban J connectivity index is 1.19. The van der Waals surface area contributed by atoms with Gasteiger partial charge in [-0.1, -0.05) is 24.3 Å². The Morgan fingerprint density at radius 1 is 1.23 bits per heavy atom. The van der Waals surface area contributed by atoms with E-state index in [4.69, 9.17) is 14.2 Å². The summed E-state index contributed by atoms with van der Waals surface area (Å²) in [6.45, 7) is 1.45. The van der Waals surface area contributed by atoms with Crippen LogP contribution in [0.4, 0.5) is 0 Å². The van der Waals surface area contributed by atoms with Crippen molar-refractivity contribution in [1.82, 2.24) is 15.2 Å². The van der Waals surface area contributed by atoms with Crippen LogP contribution in [-0.4, -0.2) is 46.7 Å². The summed E-state index contributed by atoms with van der Waals surface area (Å²) in [4.78, 5) is 32.2. The average molecular weight is 419 g/mol. The standard InChI is InChI=1S/C23H21N3O5/c27-21(25-10-15-2-1-7-24-9-15)19-17-5-6-23(31-17)12-26(22(28)20(19)23)11-14-3-4-16-18(8-14)30-13-29-16/h1-9,17,19-20H,10-13H2,(H,25,27)/t17-,19+,20+,23+/m1/s1. The molecule has 2 saturated heterocycles. The van der Waals surface area contributed by atoms with E-state index < -0.39 is 17.4 Å². The van der Waals surface area contributed by atoms with E-state index in [9.17, 15) is 9.59 Å². The van der Waals surface area contributed by atoms with Crippen molar-refractivity contribution >= 4 is 11.8 Å². The van der Waals surface area contributed by atoms with Gasteiger partial charge in [-0.25, -0.2) is 0 Å². The number of benzene rings is 1. The fourth-order valence-electron chi connectivity index (χ4n) is 5.08. The van der Waals surface area contributed by atoms with E-state index in [0.29, 0.717) is 31.1 Å². The zero-order valence-corrected chi connectivity index (χ0v) is 16.7. The molecule has 158 valence electrons. The van der Waals surface area contributed by atoms with Crippen LogP contribution in [0.3, 0.4) is 0 Å². The second kappa shape index (κ2) is 6.81. The Morgan fingerprint density at radius 2 is 2.13 bits per heavy atom. The van der Waals surface area contributed by atoms with Crippen LogP contribution in [0, 0.1) is 11.8 Å². The molecule has 4 aliphatic heterocycles. The largest absolute Gasteiger partial charge is 0.454 e. The lowest BCUT2D eigenvalue weighted by atomic mass is 9.77. The summed E-state index contributed by atoms with van der Waals surface area (Å²) in [5.74, 6) is 0.144. The lowest BCUT2D eigenvalue weighted by Gasteiger charge is -2.23. The van der Waals surface area contributed by atoms with Crippen molar-refractivity contribution in [3.8, 4) is 11.5 Å². The number of amides is 2. The first-order valence-electron chi connectivity index (χ1n) is 10.3. The molecule has 5 heterocycles. The van der Waals surface area contributed by atoms with E-state index in [-0.39, 0.29) is 24.7 Å². The molecule has 0 saturated carbocycles. The second-order valence-corrected chi connectivity index (χ2v) is 8.36. The van der Waals surface area contributed by atoms with Gasteiger partial charge in [-0.15, -0.1) is 0 Å². The molecule has 0 aliphatic carbocycles. The van der Waals surface area contributed by atoms with Gasteiger partial charge < -0.3 is 24.4 Å². The maximum absolute atomic E-state index is 13.4. The number of fused-ring (bicyclic) bond motifs is 2. The molecule has 2 bridgehead atoms. The van der Waals surface area contributed by atoms with E-state index in [1.807, 2.05) is 42.5 Å². The van der Waals surface area contributed by atoms with Gasteiger partial charge in [-0.3, -0.25) is 14.6 Å². The molecule has 0 radical (unpaired) electrons. The first kappa shape index (κ1) is 18.4. The summed E-state index contributed by atoms with van der Waals surface area (Å²) in [5.41, 5.74) is 1.13. The van der Waals surface area contributed by atoms with Crippen molar-refractivity contribution in [3.05, 3.63) is 66.0 Å². The lowest BCUT2D eigenvalue weighted by molar-refractivity contribution is -0.137. The Morgan fingerprint density at radius 3 is 3.00 bits per heavy atom. The number of carbonyl (C=O) groups is 2. The first-order valence-corrected chi connectivity index (χ1v) is 10.3. The van der Waals surface area contributed by atoms with Gasteiger partial charge in [0, 0.05) is 25.5 Å². The van der Waals surface area contributed by atoms with Gasteiger partial charge in [-0.2, -0.15) is 0 Å². The van der Waals surface area contributed by atoms with Gasteiger partial charge in [0.05, 0.1) is 24.5 Å². The number of likely N-dealkylation sites (tertiary alicyclic amines) is 1. The summed E-state index contributed by atoms with van der Waals surface area (Å²) >= 11 is 0. The Hall–Kier alpha value is -3.39. The number of rotatable bonds is 5. The van der Waals surface area contributed by atoms with E-state index in [1.165, 1.54) is 0 Å². The molecule has 31 heavy (non-hydrogen) atoms. The van der Waals surface area contributed by atoms with Gasteiger partial charge in [0.25, 0.3) is 0 Å².